The first-order chi connectivity index (χ1) is 9.78. The summed E-state index contributed by atoms with van der Waals surface area (Å²) < 4.78 is 2.56. The van der Waals surface area contributed by atoms with E-state index in [1.54, 1.807) is 4.57 Å². The largest absolute Gasteiger partial charge is 0.342 e. The fraction of sp³-hybridized carbons (Fsp3) is 0.500. The van der Waals surface area contributed by atoms with Crippen molar-refractivity contribution in [3.05, 3.63) is 32.5 Å². The summed E-state index contributed by atoms with van der Waals surface area (Å²) in [6.45, 7) is 8.38. The van der Waals surface area contributed by atoms with Crippen LogP contribution in [0.3, 0.4) is 0 Å². The van der Waals surface area contributed by atoms with Crippen molar-refractivity contribution >= 4 is 32.8 Å². The lowest BCUT2D eigenvalue weighted by Gasteiger charge is -2.23. The third kappa shape index (κ3) is 2.48. The van der Waals surface area contributed by atoms with Crippen molar-refractivity contribution in [1.29, 1.82) is 0 Å². The Morgan fingerprint density at radius 2 is 2.05 bits per heavy atom. The van der Waals surface area contributed by atoms with Gasteiger partial charge in [0.1, 0.15) is 0 Å². The normalized spacial score (nSPS) is 17.7. The summed E-state index contributed by atoms with van der Waals surface area (Å²) in [5, 5.41) is 0.673. The van der Waals surface area contributed by atoms with Crippen LogP contribution in [0.5, 0.6) is 0 Å². The fourth-order valence-corrected chi connectivity index (χ4v) is 3.69. The van der Waals surface area contributed by atoms with Gasteiger partial charge in [0.05, 0.1) is 10.9 Å². The van der Waals surface area contributed by atoms with Crippen LogP contribution in [-0.2, 0) is 7.05 Å². The van der Waals surface area contributed by atoms with Crippen LogP contribution in [0.2, 0.25) is 0 Å². The van der Waals surface area contributed by atoms with Crippen molar-refractivity contribution in [2.24, 2.45) is 12.5 Å². The van der Waals surface area contributed by atoms with Gasteiger partial charge in [-0.05, 0) is 52.4 Å². The quantitative estimate of drug-likeness (QED) is 0.793. The van der Waals surface area contributed by atoms with Crippen molar-refractivity contribution in [1.82, 2.24) is 9.55 Å². The highest BCUT2D eigenvalue weighted by atomic mass is 79.9. The monoisotopic (exact) mass is 349 g/mol. The van der Waals surface area contributed by atoms with Crippen LogP contribution in [0.15, 0.2) is 21.4 Å². The Balaban J connectivity index is 2.22. The maximum atomic E-state index is 12.6. The smallest absolute Gasteiger partial charge is 0.262 e. The standard InChI is InChI=1S/C16H20BrN3O/c1-10-7-11-13(12(17)8-10)18-15(19(4)14(11)21)20-6-5-16(2,3)9-20/h7-8H,5-6,9H2,1-4H3. The summed E-state index contributed by atoms with van der Waals surface area (Å²) in [6.07, 6.45) is 1.12. The zero-order valence-corrected chi connectivity index (χ0v) is 14.5. The van der Waals surface area contributed by atoms with Crippen LogP contribution in [0, 0.1) is 12.3 Å². The van der Waals surface area contributed by atoms with Crippen molar-refractivity contribution in [3.8, 4) is 0 Å². The molecule has 1 saturated heterocycles. The number of aromatic nitrogens is 2. The summed E-state index contributed by atoms with van der Waals surface area (Å²) in [5.74, 6) is 0.766. The lowest BCUT2D eigenvalue weighted by Crippen LogP contribution is -2.31. The Morgan fingerprint density at radius 3 is 2.67 bits per heavy atom. The van der Waals surface area contributed by atoms with Gasteiger partial charge >= 0.3 is 0 Å². The van der Waals surface area contributed by atoms with Crippen molar-refractivity contribution in [2.75, 3.05) is 18.0 Å². The van der Waals surface area contributed by atoms with Gasteiger partial charge in [0.25, 0.3) is 5.56 Å². The number of aryl methyl sites for hydroxylation is 1. The Morgan fingerprint density at radius 1 is 1.33 bits per heavy atom. The average molecular weight is 350 g/mol. The van der Waals surface area contributed by atoms with Crippen LogP contribution in [-0.4, -0.2) is 22.6 Å². The lowest BCUT2D eigenvalue weighted by atomic mass is 9.93. The van der Waals surface area contributed by atoms with Gasteiger partial charge in [0.2, 0.25) is 5.95 Å². The van der Waals surface area contributed by atoms with Crippen LogP contribution in [0.25, 0.3) is 10.9 Å². The number of halogens is 1. The second-order valence-electron chi connectivity index (χ2n) is 6.75. The van der Waals surface area contributed by atoms with E-state index in [1.165, 1.54) is 0 Å². The molecule has 1 aliphatic heterocycles. The first kappa shape index (κ1) is 14.6. The maximum Gasteiger partial charge on any atom is 0.262 e. The van der Waals surface area contributed by atoms with E-state index in [-0.39, 0.29) is 11.0 Å². The molecule has 0 bridgehead atoms. The molecule has 0 radical (unpaired) electrons. The van der Waals surface area contributed by atoms with Gasteiger partial charge in [0.15, 0.2) is 0 Å². The second kappa shape index (κ2) is 4.83. The number of hydrogen-bond acceptors (Lipinski definition) is 3. The number of fused-ring (bicyclic) bond motifs is 1. The van der Waals surface area contributed by atoms with Crippen LogP contribution in [0.1, 0.15) is 25.8 Å². The molecule has 0 spiro atoms. The molecule has 1 aliphatic rings. The fourth-order valence-electron chi connectivity index (χ4n) is 3.02. The van der Waals surface area contributed by atoms with Gasteiger partial charge in [-0.3, -0.25) is 9.36 Å². The SMILES string of the molecule is Cc1cc(Br)c2nc(N3CCC(C)(C)C3)n(C)c(=O)c2c1. The van der Waals surface area contributed by atoms with E-state index in [1.807, 2.05) is 26.1 Å². The van der Waals surface area contributed by atoms with E-state index in [2.05, 4.69) is 34.7 Å². The first-order valence-corrected chi connectivity index (χ1v) is 8.00. The molecule has 112 valence electrons. The molecule has 0 atom stereocenters. The highest BCUT2D eigenvalue weighted by Crippen LogP contribution is 2.32. The van der Waals surface area contributed by atoms with Gasteiger partial charge in [-0.1, -0.05) is 13.8 Å². The first-order valence-electron chi connectivity index (χ1n) is 7.20. The third-order valence-corrected chi connectivity index (χ3v) is 4.82. The zero-order chi connectivity index (χ0) is 15.4. The molecule has 1 aromatic carbocycles. The Labute approximate surface area is 132 Å². The molecule has 0 amide bonds. The molecular weight excluding hydrogens is 330 g/mol. The van der Waals surface area contributed by atoms with E-state index in [0.717, 1.165) is 41.0 Å². The van der Waals surface area contributed by atoms with Crippen molar-refractivity contribution in [3.63, 3.8) is 0 Å². The molecule has 0 saturated carbocycles. The summed E-state index contributed by atoms with van der Waals surface area (Å²) in [5.41, 5.74) is 2.10. The van der Waals surface area contributed by atoms with Crippen LogP contribution >= 0.6 is 15.9 Å². The maximum absolute atomic E-state index is 12.6. The number of anilines is 1. The molecule has 0 unspecified atom stereocenters. The second-order valence-corrected chi connectivity index (χ2v) is 7.61. The summed E-state index contributed by atoms with van der Waals surface area (Å²) >= 11 is 3.54. The Kier molecular flexibility index (Phi) is 3.35. The number of rotatable bonds is 1. The predicted molar refractivity (Wildman–Crippen MR) is 90.0 cm³/mol. The topological polar surface area (TPSA) is 38.1 Å². The molecule has 5 heteroatoms. The van der Waals surface area contributed by atoms with Gasteiger partial charge in [0, 0.05) is 24.6 Å². The van der Waals surface area contributed by atoms with Gasteiger partial charge in [-0.15, -0.1) is 0 Å². The van der Waals surface area contributed by atoms with E-state index in [9.17, 15) is 4.79 Å². The van der Waals surface area contributed by atoms with E-state index in [4.69, 9.17) is 4.98 Å². The van der Waals surface area contributed by atoms with Gasteiger partial charge in [-0.2, -0.15) is 0 Å². The number of benzene rings is 1. The molecular formula is C16H20BrN3O. The van der Waals surface area contributed by atoms with Crippen LogP contribution in [0.4, 0.5) is 5.95 Å². The predicted octanol–water partition coefficient (Wildman–Crippen LogP) is 3.24. The third-order valence-electron chi connectivity index (χ3n) is 4.21. The number of nitrogens with zero attached hydrogens (tertiary/aromatic N) is 3. The van der Waals surface area contributed by atoms with Gasteiger partial charge in [-0.25, -0.2) is 4.98 Å². The molecule has 1 aromatic heterocycles. The van der Waals surface area contributed by atoms with Gasteiger partial charge < -0.3 is 4.90 Å². The van der Waals surface area contributed by atoms with Crippen molar-refractivity contribution in [2.45, 2.75) is 27.2 Å². The molecule has 1 fully saturated rings. The highest BCUT2D eigenvalue weighted by Gasteiger charge is 2.31. The average Bonchev–Trinajstić information content (AvgIpc) is 2.74. The summed E-state index contributed by atoms with van der Waals surface area (Å²) in [7, 11) is 1.81. The van der Waals surface area contributed by atoms with Crippen LogP contribution < -0.4 is 10.5 Å². The lowest BCUT2D eigenvalue weighted by molar-refractivity contribution is 0.418. The highest BCUT2D eigenvalue weighted by molar-refractivity contribution is 9.10. The number of hydrogen-bond donors (Lipinski definition) is 0. The summed E-state index contributed by atoms with van der Waals surface area (Å²) in [4.78, 5) is 19.6. The minimum absolute atomic E-state index is 0.0177. The van der Waals surface area contributed by atoms with E-state index >= 15 is 0 Å². The molecule has 21 heavy (non-hydrogen) atoms. The summed E-state index contributed by atoms with van der Waals surface area (Å²) in [6, 6.07) is 3.92. The Bertz CT molecular complexity index is 779. The minimum atomic E-state index is 0.0177. The van der Waals surface area contributed by atoms with E-state index in [0.29, 0.717) is 5.39 Å². The van der Waals surface area contributed by atoms with Crippen molar-refractivity contribution < 1.29 is 0 Å². The molecule has 0 aliphatic carbocycles. The van der Waals surface area contributed by atoms with E-state index < -0.39 is 0 Å². The minimum Gasteiger partial charge on any atom is -0.342 e. The zero-order valence-electron chi connectivity index (χ0n) is 12.9. The molecule has 3 rings (SSSR count). The molecule has 2 heterocycles. The molecule has 2 aromatic rings. The Hall–Kier alpha value is -1.36. The molecule has 4 nitrogen and oxygen atoms in total. The molecule has 0 N–H and O–H groups in total.